The van der Waals surface area contributed by atoms with Crippen molar-refractivity contribution in [1.29, 1.82) is 0 Å². The molecule has 0 aliphatic heterocycles. The van der Waals surface area contributed by atoms with Crippen molar-refractivity contribution < 1.29 is 16.8 Å². The van der Waals surface area contributed by atoms with Crippen LogP contribution in [0.3, 0.4) is 0 Å². The number of anilines is 2. The first-order valence-electron chi connectivity index (χ1n) is 8.22. The predicted octanol–water partition coefficient (Wildman–Crippen LogP) is 5.87. The molecule has 0 aliphatic carbocycles. The first kappa shape index (κ1) is 21.4. The fraction of sp³-hybridized carbons (Fsp3) is 0. The van der Waals surface area contributed by atoms with Crippen LogP contribution in [0.15, 0.2) is 68.4 Å². The molecule has 12 heteroatoms. The van der Waals surface area contributed by atoms with Crippen molar-refractivity contribution >= 4 is 87.4 Å². The maximum absolute atomic E-state index is 13.1. The number of rotatable bonds is 6. The largest absolute Gasteiger partial charge is 0.277 e. The molecule has 0 amide bonds. The number of sulfonamides is 2. The van der Waals surface area contributed by atoms with Gasteiger partial charge in [0.15, 0.2) is 0 Å². The smallest absolute Gasteiger partial charge is 0.271 e. The summed E-state index contributed by atoms with van der Waals surface area (Å²) in [5, 5.41) is 3.86. The summed E-state index contributed by atoms with van der Waals surface area (Å²) in [6, 6.07) is 12.6. The van der Waals surface area contributed by atoms with Crippen molar-refractivity contribution in [2.75, 3.05) is 9.44 Å². The number of hydrogen-bond acceptors (Lipinski definition) is 6. The van der Waals surface area contributed by atoms with Gasteiger partial charge in [-0.2, -0.15) is 0 Å². The predicted molar refractivity (Wildman–Crippen MR) is 124 cm³/mol. The molecule has 0 bridgehead atoms. The lowest BCUT2D eigenvalue weighted by Gasteiger charge is -2.15. The van der Waals surface area contributed by atoms with Crippen LogP contribution in [0.5, 0.6) is 0 Å². The molecule has 2 aromatic heterocycles. The van der Waals surface area contributed by atoms with Gasteiger partial charge in [0.2, 0.25) is 0 Å². The Bertz CT molecular complexity index is 1450. The Hall–Kier alpha value is -1.82. The van der Waals surface area contributed by atoms with Gasteiger partial charge < -0.3 is 0 Å². The highest BCUT2D eigenvalue weighted by molar-refractivity contribution is 7.94. The van der Waals surface area contributed by atoms with E-state index in [0.29, 0.717) is 5.39 Å². The van der Waals surface area contributed by atoms with E-state index in [9.17, 15) is 16.8 Å². The van der Waals surface area contributed by atoms with Crippen LogP contribution in [0.1, 0.15) is 0 Å². The molecule has 6 nitrogen and oxygen atoms in total. The third-order valence-corrected chi connectivity index (χ3v) is 10.0. The zero-order valence-electron chi connectivity index (χ0n) is 14.8. The summed E-state index contributed by atoms with van der Waals surface area (Å²) < 4.78 is 57.1. The van der Waals surface area contributed by atoms with E-state index >= 15 is 0 Å². The zero-order chi connectivity index (χ0) is 21.5. The van der Waals surface area contributed by atoms with Crippen molar-refractivity contribution in [3.63, 3.8) is 0 Å². The number of fused-ring (bicyclic) bond motifs is 1. The van der Waals surface area contributed by atoms with Crippen LogP contribution in [0.4, 0.5) is 11.4 Å². The van der Waals surface area contributed by atoms with Gasteiger partial charge in [-0.3, -0.25) is 9.44 Å². The first-order chi connectivity index (χ1) is 14.2. The second kappa shape index (κ2) is 8.03. The van der Waals surface area contributed by atoms with Crippen molar-refractivity contribution in [2.24, 2.45) is 0 Å². The van der Waals surface area contributed by atoms with Crippen molar-refractivity contribution in [2.45, 2.75) is 9.10 Å². The Morgan fingerprint density at radius 3 is 2.03 bits per heavy atom. The average Bonchev–Trinajstić information content (AvgIpc) is 3.36. The number of thiophene rings is 2. The van der Waals surface area contributed by atoms with Crippen LogP contribution >= 0.6 is 45.9 Å². The quantitative estimate of drug-likeness (QED) is 0.333. The van der Waals surface area contributed by atoms with Gasteiger partial charge in [0.1, 0.15) is 9.10 Å². The van der Waals surface area contributed by atoms with Gasteiger partial charge in [-0.1, -0.05) is 47.5 Å². The van der Waals surface area contributed by atoms with E-state index in [4.69, 9.17) is 23.2 Å². The normalized spacial score (nSPS) is 12.2. The van der Waals surface area contributed by atoms with Crippen molar-refractivity contribution in [3.8, 4) is 0 Å². The summed E-state index contributed by atoms with van der Waals surface area (Å²) in [7, 11) is -7.96. The van der Waals surface area contributed by atoms with E-state index in [1.54, 1.807) is 23.6 Å². The van der Waals surface area contributed by atoms with Crippen LogP contribution in [-0.2, 0) is 20.0 Å². The highest BCUT2D eigenvalue weighted by Crippen LogP contribution is 2.37. The molecule has 0 radical (unpaired) electrons. The van der Waals surface area contributed by atoms with E-state index < -0.39 is 20.0 Å². The molecule has 0 atom stereocenters. The molecule has 0 spiro atoms. The highest BCUT2D eigenvalue weighted by atomic mass is 35.5. The van der Waals surface area contributed by atoms with Crippen LogP contribution < -0.4 is 9.44 Å². The topological polar surface area (TPSA) is 92.3 Å². The second-order valence-corrected chi connectivity index (χ2v) is 12.3. The molecule has 2 N–H and O–H groups in total. The van der Waals surface area contributed by atoms with Gasteiger partial charge in [-0.05, 0) is 29.6 Å². The fourth-order valence-corrected chi connectivity index (χ4v) is 7.65. The van der Waals surface area contributed by atoms with Crippen LogP contribution in [-0.4, -0.2) is 16.8 Å². The zero-order valence-corrected chi connectivity index (χ0v) is 19.6. The molecule has 0 fully saturated rings. The maximum Gasteiger partial charge on any atom is 0.271 e. The molecule has 0 aliphatic rings. The Morgan fingerprint density at radius 1 is 0.767 bits per heavy atom. The van der Waals surface area contributed by atoms with E-state index in [-0.39, 0.29) is 30.5 Å². The number of nitrogens with one attached hydrogen (secondary N) is 2. The van der Waals surface area contributed by atoms with Gasteiger partial charge in [-0.15, -0.1) is 22.7 Å². The van der Waals surface area contributed by atoms with Gasteiger partial charge in [0, 0.05) is 15.5 Å². The monoisotopic (exact) mass is 518 g/mol. The van der Waals surface area contributed by atoms with Crippen molar-refractivity contribution in [3.05, 3.63) is 69.3 Å². The molecule has 0 saturated carbocycles. The SMILES string of the molecule is O=S(=O)(Nc1cc(Cl)c(Cl)cc1NS(=O)(=O)c1csc2ccccc12)c1cccs1. The maximum atomic E-state index is 13.1. The van der Waals surface area contributed by atoms with E-state index in [0.717, 1.165) is 16.0 Å². The lowest BCUT2D eigenvalue weighted by atomic mass is 10.3. The molecular weight excluding hydrogens is 507 g/mol. The third kappa shape index (κ3) is 4.16. The summed E-state index contributed by atoms with van der Waals surface area (Å²) >= 11 is 14.4. The molecule has 156 valence electrons. The Labute approximate surface area is 191 Å². The molecule has 2 aromatic carbocycles. The number of benzene rings is 2. The molecule has 4 aromatic rings. The molecule has 2 heterocycles. The molecule has 0 unspecified atom stereocenters. The summed E-state index contributed by atoms with van der Waals surface area (Å²) in [5.41, 5.74) is -0.0827. The summed E-state index contributed by atoms with van der Waals surface area (Å²) in [4.78, 5) is 0.0845. The Kier molecular flexibility index (Phi) is 5.73. The highest BCUT2D eigenvalue weighted by Gasteiger charge is 2.23. The van der Waals surface area contributed by atoms with Gasteiger partial charge in [0.05, 0.1) is 21.4 Å². The van der Waals surface area contributed by atoms with Crippen LogP contribution in [0.25, 0.3) is 10.1 Å². The average molecular weight is 519 g/mol. The third-order valence-electron chi connectivity index (χ3n) is 4.04. The molecular formula is C18H12Cl2N2O4S4. The minimum absolute atomic E-state index is 0.0408. The Morgan fingerprint density at radius 2 is 1.40 bits per heavy atom. The summed E-state index contributed by atoms with van der Waals surface area (Å²) in [6.45, 7) is 0. The van der Waals surface area contributed by atoms with Gasteiger partial charge >= 0.3 is 0 Å². The Balaban J connectivity index is 1.76. The fourth-order valence-electron chi connectivity index (χ4n) is 2.69. The standard InChI is InChI=1S/C18H12Cl2N2O4S4/c19-12-8-14(15(9-13(12)20)22-30(25,26)18-6-3-7-27-18)21-29(23,24)17-10-28-16-5-2-1-4-11(16)17/h1-10,21-22H. The lowest BCUT2D eigenvalue weighted by Crippen LogP contribution is -2.17. The van der Waals surface area contributed by atoms with Gasteiger partial charge in [-0.25, -0.2) is 16.8 Å². The summed E-state index contributed by atoms with van der Waals surface area (Å²) in [6.07, 6.45) is 0. The van der Waals surface area contributed by atoms with E-state index in [2.05, 4.69) is 9.44 Å². The number of hydrogen-bond donors (Lipinski definition) is 2. The van der Waals surface area contributed by atoms with Crippen LogP contribution in [0.2, 0.25) is 10.0 Å². The van der Waals surface area contributed by atoms with Crippen molar-refractivity contribution in [1.82, 2.24) is 0 Å². The molecule has 0 saturated heterocycles. The van der Waals surface area contributed by atoms with Crippen LogP contribution in [0, 0.1) is 0 Å². The van der Waals surface area contributed by atoms with E-state index in [1.165, 1.54) is 34.9 Å². The molecule has 30 heavy (non-hydrogen) atoms. The minimum Gasteiger partial charge on any atom is -0.277 e. The second-order valence-electron chi connectivity index (χ2n) is 6.05. The summed E-state index contributed by atoms with van der Waals surface area (Å²) in [5.74, 6) is 0. The van der Waals surface area contributed by atoms with E-state index in [1.807, 2.05) is 12.1 Å². The minimum atomic E-state index is -4.03. The lowest BCUT2D eigenvalue weighted by molar-refractivity contribution is 0.600. The molecule has 4 rings (SSSR count). The number of halogens is 2. The van der Waals surface area contributed by atoms with Gasteiger partial charge in [0.25, 0.3) is 20.0 Å². The first-order valence-corrected chi connectivity index (χ1v) is 13.7.